The average Bonchev–Trinajstić information content (AvgIpc) is 3.06. The predicted octanol–water partition coefficient (Wildman–Crippen LogP) is 1.33. The molecule has 2 atom stereocenters. The van der Waals surface area contributed by atoms with Crippen LogP contribution in [0.15, 0.2) is 6.33 Å². The van der Waals surface area contributed by atoms with E-state index in [0.29, 0.717) is 12.5 Å². The maximum Gasteiger partial charge on any atom is 0.318 e. The van der Waals surface area contributed by atoms with Crippen LogP contribution in [-0.2, 0) is 11.8 Å². The van der Waals surface area contributed by atoms with Gasteiger partial charge in [0.1, 0.15) is 6.33 Å². The molecule has 0 bridgehead atoms. The average molecular weight is 295 g/mol. The molecule has 118 valence electrons. The third-order valence-electron chi connectivity index (χ3n) is 4.06. The largest absolute Gasteiger partial charge is 0.379 e. The number of carbonyl (C=O) groups excluding carboxylic acids is 1. The van der Waals surface area contributed by atoms with Gasteiger partial charge in [0.05, 0.1) is 12.1 Å². The Bertz CT molecular complexity index is 474. The van der Waals surface area contributed by atoms with Gasteiger partial charge >= 0.3 is 6.03 Å². The van der Waals surface area contributed by atoms with E-state index in [9.17, 15) is 4.79 Å². The Kier molecular flexibility index (Phi) is 5.17. The fraction of sp³-hybridized carbons (Fsp3) is 0.786. The summed E-state index contributed by atoms with van der Waals surface area (Å²) in [5.41, 5.74) is 0. The van der Waals surface area contributed by atoms with Gasteiger partial charge in [0.2, 0.25) is 0 Å². The lowest BCUT2D eigenvalue weighted by Gasteiger charge is -2.26. The third-order valence-corrected chi connectivity index (χ3v) is 4.06. The van der Waals surface area contributed by atoms with Crippen molar-refractivity contribution in [2.24, 2.45) is 13.0 Å². The van der Waals surface area contributed by atoms with Gasteiger partial charge in [-0.15, -0.1) is 10.2 Å². The summed E-state index contributed by atoms with van der Waals surface area (Å²) < 4.78 is 7.26. The van der Waals surface area contributed by atoms with Gasteiger partial charge in [0.25, 0.3) is 0 Å². The van der Waals surface area contributed by atoms with E-state index in [-0.39, 0.29) is 18.2 Å². The van der Waals surface area contributed by atoms with Crippen molar-refractivity contribution in [3.8, 4) is 0 Å². The standard InChI is InChI=1S/C14H25N5O2/c1-10(2)12(21-4)8-15-14(20)19-7-5-6-11(19)13-17-16-9-18(13)3/h9-12H,5-8H2,1-4H3,(H,15,20)/t11-,12-/m1/s1. The molecule has 0 unspecified atom stereocenters. The Hall–Kier alpha value is -1.63. The van der Waals surface area contributed by atoms with Crippen molar-refractivity contribution in [1.29, 1.82) is 0 Å². The van der Waals surface area contributed by atoms with E-state index in [1.165, 1.54) is 0 Å². The van der Waals surface area contributed by atoms with Crippen LogP contribution in [0.4, 0.5) is 4.79 Å². The van der Waals surface area contributed by atoms with E-state index in [0.717, 1.165) is 25.2 Å². The SMILES string of the molecule is CO[C@H](CNC(=O)N1CCC[C@@H]1c1nncn1C)C(C)C. The Morgan fingerprint density at radius 1 is 1.57 bits per heavy atom. The normalized spacial score (nSPS) is 20.0. The van der Waals surface area contributed by atoms with Crippen LogP contribution in [0.2, 0.25) is 0 Å². The van der Waals surface area contributed by atoms with Crippen LogP contribution in [0.1, 0.15) is 38.6 Å². The van der Waals surface area contributed by atoms with Gasteiger partial charge in [-0.1, -0.05) is 13.8 Å². The molecular weight excluding hydrogens is 270 g/mol. The summed E-state index contributed by atoms with van der Waals surface area (Å²) in [6.07, 6.45) is 3.62. The smallest absolute Gasteiger partial charge is 0.318 e. The van der Waals surface area contributed by atoms with Crippen molar-refractivity contribution in [3.63, 3.8) is 0 Å². The molecule has 1 N–H and O–H groups in total. The first kappa shape index (κ1) is 15.8. The second-order valence-corrected chi connectivity index (χ2v) is 5.86. The molecule has 7 nitrogen and oxygen atoms in total. The number of urea groups is 1. The van der Waals surface area contributed by atoms with E-state index in [1.807, 2.05) is 16.5 Å². The number of hydrogen-bond donors (Lipinski definition) is 1. The maximum absolute atomic E-state index is 12.4. The van der Waals surface area contributed by atoms with Gasteiger partial charge in [-0.05, 0) is 18.8 Å². The molecule has 7 heteroatoms. The second kappa shape index (κ2) is 6.89. The van der Waals surface area contributed by atoms with Gasteiger partial charge in [0.15, 0.2) is 5.82 Å². The minimum atomic E-state index is -0.0526. The molecule has 2 rings (SSSR count). The lowest BCUT2D eigenvalue weighted by Crippen LogP contribution is -2.44. The zero-order valence-corrected chi connectivity index (χ0v) is 13.2. The zero-order chi connectivity index (χ0) is 15.4. The van der Waals surface area contributed by atoms with E-state index in [4.69, 9.17) is 4.74 Å². The molecule has 0 spiro atoms. The minimum Gasteiger partial charge on any atom is -0.379 e. The molecule has 1 aromatic rings. The van der Waals surface area contributed by atoms with E-state index in [2.05, 4.69) is 29.4 Å². The molecule has 0 saturated carbocycles. The molecule has 1 saturated heterocycles. The zero-order valence-electron chi connectivity index (χ0n) is 13.2. The molecule has 1 aliphatic heterocycles. The number of aryl methyl sites for hydroxylation is 1. The molecule has 1 aromatic heterocycles. The van der Waals surface area contributed by atoms with Crippen LogP contribution in [0.25, 0.3) is 0 Å². The number of nitrogens with zero attached hydrogens (tertiary/aromatic N) is 4. The molecule has 21 heavy (non-hydrogen) atoms. The monoisotopic (exact) mass is 295 g/mol. The third kappa shape index (κ3) is 3.53. The highest BCUT2D eigenvalue weighted by Crippen LogP contribution is 2.30. The van der Waals surface area contributed by atoms with Crippen molar-refractivity contribution in [1.82, 2.24) is 25.0 Å². The first-order valence-corrected chi connectivity index (χ1v) is 7.45. The molecule has 0 radical (unpaired) electrons. The van der Waals surface area contributed by atoms with Crippen molar-refractivity contribution in [3.05, 3.63) is 12.2 Å². The number of aromatic nitrogens is 3. The first-order valence-electron chi connectivity index (χ1n) is 7.45. The first-order chi connectivity index (χ1) is 10.0. The number of likely N-dealkylation sites (tertiary alicyclic amines) is 1. The number of nitrogens with one attached hydrogen (secondary N) is 1. The van der Waals surface area contributed by atoms with Crippen molar-refractivity contribution >= 4 is 6.03 Å². The second-order valence-electron chi connectivity index (χ2n) is 5.86. The van der Waals surface area contributed by atoms with Crippen LogP contribution < -0.4 is 5.32 Å². The molecule has 1 fully saturated rings. The fourth-order valence-corrected chi connectivity index (χ4v) is 2.75. The predicted molar refractivity (Wildman–Crippen MR) is 78.7 cm³/mol. The van der Waals surface area contributed by atoms with Crippen molar-refractivity contribution in [2.45, 2.75) is 38.8 Å². The number of rotatable bonds is 5. The van der Waals surface area contributed by atoms with Gasteiger partial charge in [-0.25, -0.2) is 4.79 Å². The van der Waals surface area contributed by atoms with Crippen molar-refractivity contribution < 1.29 is 9.53 Å². The molecule has 2 heterocycles. The quantitative estimate of drug-likeness (QED) is 0.889. The summed E-state index contributed by atoms with van der Waals surface area (Å²) in [4.78, 5) is 14.3. The van der Waals surface area contributed by atoms with Crippen LogP contribution in [0.5, 0.6) is 0 Å². The van der Waals surface area contributed by atoms with Crippen LogP contribution in [0, 0.1) is 5.92 Å². The molecule has 2 amide bonds. The van der Waals surface area contributed by atoms with Crippen LogP contribution in [-0.4, -0.2) is 52.0 Å². The topological polar surface area (TPSA) is 72.3 Å². The fourth-order valence-electron chi connectivity index (χ4n) is 2.75. The summed E-state index contributed by atoms with van der Waals surface area (Å²) in [5, 5.41) is 11.0. The number of amides is 2. The van der Waals surface area contributed by atoms with Gasteiger partial charge in [-0.2, -0.15) is 0 Å². The summed E-state index contributed by atoms with van der Waals surface area (Å²) in [6, 6.07) is -0.0410. The maximum atomic E-state index is 12.4. The Morgan fingerprint density at radius 2 is 2.33 bits per heavy atom. The number of carbonyl (C=O) groups is 1. The summed E-state index contributed by atoms with van der Waals surface area (Å²) >= 11 is 0. The van der Waals surface area contributed by atoms with E-state index < -0.39 is 0 Å². The lowest BCUT2D eigenvalue weighted by atomic mass is 10.1. The highest BCUT2D eigenvalue weighted by Gasteiger charge is 2.33. The lowest BCUT2D eigenvalue weighted by molar-refractivity contribution is 0.0649. The van der Waals surface area contributed by atoms with Gasteiger partial charge < -0.3 is 19.5 Å². The summed E-state index contributed by atoms with van der Waals surface area (Å²) in [7, 11) is 3.58. The highest BCUT2D eigenvalue weighted by molar-refractivity contribution is 5.75. The molecule has 0 aromatic carbocycles. The number of ether oxygens (including phenoxy) is 1. The summed E-state index contributed by atoms with van der Waals surface area (Å²) in [5.74, 6) is 1.21. The van der Waals surface area contributed by atoms with Crippen LogP contribution >= 0.6 is 0 Å². The molecule has 1 aliphatic rings. The molecular formula is C14H25N5O2. The number of methoxy groups -OCH3 is 1. The number of hydrogen-bond acceptors (Lipinski definition) is 4. The van der Waals surface area contributed by atoms with E-state index >= 15 is 0 Å². The molecule has 0 aliphatic carbocycles. The van der Waals surface area contributed by atoms with Crippen molar-refractivity contribution in [2.75, 3.05) is 20.2 Å². The Balaban J connectivity index is 1.97. The van der Waals surface area contributed by atoms with E-state index in [1.54, 1.807) is 13.4 Å². The summed E-state index contributed by atoms with van der Waals surface area (Å²) in [6.45, 7) is 5.44. The Labute approximate surface area is 125 Å². The van der Waals surface area contributed by atoms with Gasteiger partial charge in [-0.3, -0.25) is 0 Å². The van der Waals surface area contributed by atoms with Gasteiger partial charge in [0, 0.05) is 27.2 Å². The Morgan fingerprint density at radius 3 is 2.90 bits per heavy atom. The van der Waals surface area contributed by atoms with Crippen LogP contribution in [0.3, 0.4) is 0 Å². The minimum absolute atomic E-state index is 0.0116. The highest BCUT2D eigenvalue weighted by atomic mass is 16.5.